The van der Waals surface area contributed by atoms with E-state index >= 15 is 0 Å². The average Bonchev–Trinajstić information content (AvgIpc) is 2.68. The van der Waals surface area contributed by atoms with Crippen LogP contribution in [0.25, 0.3) is 11.0 Å². The molecule has 0 saturated carbocycles. The molecule has 0 amide bonds. The van der Waals surface area contributed by atoms with E-state index in [1.54, 1.807) is 12.4 Å². The van der Waals surface area contributed by atoms with E-state index in [4.69, 9.17) is 0 Å². The Morgan fingerprint density at radius 3 is 3.06 bits per heavy atom. The van der Waals surface area contributed by atoms with Crippen molar-refractivity contribution < 1.29 is 4.39 Å². The number of imidazole rings is 1. The van der Waals surface area contributed by atoms with E-state index in [1.807, 2.05) is 11.5 Å². The van der Waals surface area contributed by atoms with Crippen molar-refractivity contribution in [2.24, 2.45) is 0 Å². The molecule has 5 heteroatoms. The monoisotopic (exact) mass is 346 g/mol. The predicted octanol–water partition coefficient (Wildman–Crippen LogP) is 3.59. The Kier molecular flexibility index (Phi) is 3.71. The van der Waals surface area contributed by atoms with Crippen LogP contribution in [0.1, 0.15) is 12.5 Å². The van der Waals surface area contributed by atoms with E-state index in [1.165, 1.54) is 15.0 Å². The fourth-order valence-corrected chi connectivity index (χ4v) is 1.98. The normalized spacial score (nSPS) is 10.2. The number of aromatic nitrogens is 2. The Balaban J connectivity index is 2.59. The van der Waals surface area contributed by atoms with Gasteiger partial charge >= 0.3 is 0 Å². The van der Waals surface area contributed by atoms with E-state index in [9.17, 15) is 4.39 Å². The molecular weight excluding hydrogens is 338 g/mol. The Bertz CT molecular complexity index is 583. The molecule has 2 rings (SSSR count). The topological polar surface area (TPSA) is 17.8 Å². The summed E-state index contributed by atoms with van der Waals surface area (Å²) in [5, 5.41) is 2.77. The number of hydrogen-bond donors (Lipinski definition) is 0. The van der Waals surface area contributed by atoms with E-state index in [0.717, 1.165) is 17.6 Å². The number of halogens is 2. The minimum Gasteiger partial charge on any atom is -0.331 e. The summed E-state index contributed by atoms with van der Waals surface area (Å²) in [4.78, 5) is 4.22. The van der Waals surface area contributed by atoms with Gasteiger partial charge in [0.2, 0.25) is 0 Å². The van der Waals surface area contributed by atoms with Crippen molar-refractivity contribution in [2.75, 3.05) is 0 Å². The Hall–Kier alpha value is -0.740. The molecule has 1 aromatic heterocycles. The van der Waals surface area contributed by atoms with Crippen LogP contribution in [0.4, 0.5) is 4.39 Å². The van der Waals surface area contributed by atoms with Crippen molar-refractivity contribution in [3.63, 3.8) is 0 Å². The summed E-state index contributed by atoms with van der Waals surface area (Å²) < 4.78 is 15.6. The van der Waals surface area contributed by atoms with Crippen LogP contribution in [0, 0.1) is 17.0 Å². The molecule has 0 radical (unpaired) electrons. The second kappa shape index (κ2) is 5.06. The summed E-state index contributed by atoms with van der Waals surface area (Å²) in [6, 6.07) is 3.18. The fraction of sp³-hybridized carbons (Fsp3) is 0.182. The van der Waals surface area contributed by atoms with Crippen molar-refractivity contribution in [3.05, 3.63) is 29.8 Å². The third-order valence-electron chi connectivity index (χ3n) is 2.27. The highest BCUT2D eigenvalue weighted by Gasteiger charge is 2.06. The van der Waals surface area contributed by atoms with Gasteiger partial charge in [-0.1, -0.05) is 5.92 Å². The third-order valence-corrected chi connectivity index (χ3v) is 3.11. The highest BCUT2D eigenvalue weighted by molar-refractivity contribution is 14.2. The van der Waals surface area contributed by atoms with Crippen LogP contribution >= 0.6 is 30.1 Å². The molecule has 0 saturated heterocycles. The molecule has 0 fully saturated rings. The number of aryl methyl sites for hydroxylation is 1. The van der Waals surface area contributed by atoms with Gasteiger partial charge in [-0.25, -0.2) is 9.37 Å². The van der Waals surface area contributed by atoms with E-state index in [0.29, 0.717) is 5.56 Å². The first-order chi connectivity index (χ1) is 7.76. The van der Waals surface area contributed by atoms with E-state index < -0.39 is 0 Å². The lowest BCUT2D eigenvalue weighted by Crippen LogP contribution is -1.92. The molecule has 0 aliphatic heterocycles. The zero-order valence-electron chi connectivity index (χ0n) is 8.50. The van der Waals surface area contributed by atoms with E-state index in [-0.39, 0.29) is 5.82 Å². The number of hydrogen-bond acceptors (Lipinski definition) is 2. The lowest BCUT2D eigenvalue weighted by Gasteiger charge is -1.99. The van der Waals surface area contributed by atoms with Crippen molar-refractivity contribution in [1.82, 2.24) is 9.55 Å². The van der Waals surface area contributed by atoms with Crippen molar-refractivity contribution in [3.8, 4) is 11.2 Å². The summed E-state index contributed by atoms with van der Waals surface area (Å²) in [5.74, 6) is 2.47. The Morgan fingerprint density at radius 2 is 2.38 bits per heavy atom. The molecule has 0 atom stereocenters. The fourth-order valence-electron chi connectivity index (χ4n) is 1.50. The molecule has 2 aromatic rings. The van der Waals surface area contributed by atoms with Gasteiger partial charge in [0, 0.05) is 33.8 Å². The largest absolute Gasteiger partial charge is 0.331 e. The highest BCUT2D eigenvalue weighted by Crippen LogP contribution is 2.18. The van der Waals surface area contributed by atoms with Crippen LogP contribution in [0.5, 0.6) is 0 Å². The Labute approximate surface area is 109 Å². The SMILES string of the molecule is CCn1cnc2cc(C#CSI)c(F)cc21. The quantitative estimate of drug-likeness (QED) is 0.580. The lowest BCUT2D eigenvalue weighted by molar-refractivity contribution is 0.625. The first-order valence-corrected chi connectivity index (χ1v) is 8.05. The van der Waals surface area contributed by atoms with Crippen LogP contribution < -0.4 is 0 Å². The van der Waals surface area contributed by atoms with Gasteiger partial charge in [0.25, 0.3) is 0 Å². The summed E-state index contributed by atoms with van der Waals surface area (Å²) >= 11 is 2.05. The Morgan fingerprint density at radius 1 is 1.56 bits per heavy atom. The predicted molar refractivity (Wildman–Crippen MR) is 73.9 cm³/mol. The van der Waals surface area contributed by atoms with Crippen LogP contribution in [0.2, 0.25) is 0 Å². The second-order valence-corrected chi connectivity index (χ2v) is 4.84. The molecule has 0 aliphatic carbocycles. The smallest absolute Gasteiger partial charge is 0.141 e. The van der Waals surface area contributed by atoms with Gasteiger partial charge in [0.05, 0.1) is 22.9 Å². The molecule has 0 aliphatic rings. The first kappa shape index (κ1) is 11.7. The van der Waals surface area contributed by atoms with Gasteiger partial charge in [-0.15, -0.1) is 0 Å². The van der Waals surface area contributed by atoms with Gasteiger partial charge in [-0.3, -0.25) is 0 Å². The third kappa shape index (κ3) is 2.18. The number of benzene rings is 1. The maximum atomic E-state index is 13.7. The molecule has 2 nitrogen and oxygen atoms in total. The van der Waals surface area contributed by atoms with Crippen LogP contribution in [0.3, 0.4) is 0 Å². The van der Waals surface area contributed by atoms with Crippen LogP contribution in [0.15, 0.2) is 18.5 Å². The lowest BCUT2D eigenvalue weighted by atomic mass is 10.2. The van der Waals surface area contributed by atoms with Gasteiger partial charge < -0.3 is 4.57 Å². The maximum absolute atomic E-state index is 13.7. The minimum absolute atomic E-state index is 0.291. The second-order valence-electron chi connectivity index (χ2n) is 3.16. The number of nitrogens with zero attached hydrogens (tertiary/aromatic N) is 2. The summed E-state index contributed by atoms with van der Waals surface area (Å²) in [6.07, 6.45) is 1.72. The van der Waals surface area contributed by atoms with Crippen LogP contribution in [-0.2, 0) is 6.54 Å². The summed E-state index contributed by atoms with van der Waals surface area (Å²) in [6.45, 7) is 2.78. The van der Waals surface area contributed by atoms with Gasteiger partial charge in [0.1, 0.15) is 5.82 Å². The number of rotatable bonds is 1. The number of fused-ring (bicyclic) bond motifs is 1. The molecule has 0 bridgehead atoms. The molecule has 82 valence electrons. The molecular formula is C11H8FIN2S. The summed E-state index contributed by atoms with van der Waals surface area (Å²) in [5.41, 5.74) is 2.00. The summed E-state index contributed by atoms with van der Waals surface area (Å²) in [7, 11) is 1.34. The minimum atomic E-state index is -0.291. The van der Waals surface area contributed by atoms with Crippen molar-refractivity contribution in [1.29, 1.82) is 0 Å². The first-order valence-electron chi connectivity index (χ1n) is 4.69. The zero-order chi connectivity index (χ0) is 11.5. The molecule has 1 heterocycles. The molecule has 0 N–H and O–H groups in total. The van der Waals surface area contributed by atoms with Gasteiger partial charge in [-0.2, -0.15) is 0 Å². The van der Waals surface area contributed by atoms with Crippen LogP contribution in [-0.4, -0.2) is 9.55 Å². The zero-order valence-corrected chi connectivity index (χ0v) is 11.5. The molecule has 0 spiro atoms. The van der Waals surface area contributed by atoms with E-state index in [2.05, 4.69) is 37.4 Å². The van der Waals surface area contributed by atoms with Gasteiger partial charge in [-0.05, 0) is 27.2 Å². The maximum Gasteiger partial charge on any atom is 0.141 e. The molecule has 0 unspecified atom stereocenters. The average molecular weight is 346 g/mol. The van der Waals surface area contributed by atoms with Crippen molar-refractivity contribution >= 4 is 41.2 Å². The molecule has 1 aromatic carbocycles. The molecule has 16 heavy (non-hydrogen) atoms. The van der Waals surface area contributed by atoms with Gasteiger partial charge in [0.15, 0.2) is 0 Å². The van der Waals surface area contributed by atoms with Crippen molar-refractivity contribution in [2.45, 2.75) is 13.5 Å². The highest BCUT2D eigenvalue weighted by atomic mass is 127. The standard InChI is InChI=1S/C11H8FIN2S/c1-2-15-7-14-10-5-8(3-4-16-13)9(12)6-11(10)15/h5-7H,2H2,1H3.